The van der Waals surface area contributed by atoms with Crippen molar-refractivity contribution in [3.05, 3.63) is 54.1 Å². The number of hydrogen-bond acceptors (Lipinski definition) is 7. The summed E-state index contributed by atoms with van der Waals surface area (Å²) in [5, 5.41) is 14.6. The van der Waals surface area contributed by atoms with Crippen molar-refractivity contribution in [2.75, 3.05) is 27.2 Å². The molecule has 1 aromatic carbocycles. The number of ether oxygens (including phenoxy) is 1. The third-order valence-corrected chi connectivity index (χ3v) is 10.6. The van der Waals surface area contributed by atoms with Crippen molar-refractivity contribution in [3.63, 3.8) is 0 Å². The molecule has 1 saturated heterocycles. The van der Waals surface area contributed by atoms with Crippen LogP contribution in [0, 0.1) is 17.8 Å². The predicted octanol–water partition coefficient (Wildman–Crippen LogP) is 4.97. The molecule has 2 fully saturated rings. The summed E-state index contributed by atoms with van der Waals surface area (Å²) in [4.78, 5) is 67.7. The lowest BCUT2D eigenvalue weighted by atomic mass is 9.83. The monoisotopic (exact) mass is 722 g/mol. The maximum Gasteiger partial charge on any atom is 0.411 e. The largest absolute Gasteiger partial charge is 0.436 e. The fourth-order valence-corrected chi connectivity index (χ4v) is 7.47. The lowest BCUT2D eigenvalue weighted by Gasteiger charge is -2.40. The fraction of sp³-hybridized carbons (Fsp3) is 0.675. The van der Waals surface area contributed by atoms with Crippen LogP contribution in [0.4, 0.5) is 4.79 Å². The Hall–Kier alpha value is -3.93. The molecule has 1 aliphatic heterocycles. The van der Waals surface area contributed by atoms with Gasteiger partial charge in [0.1, 0.15) is 12.1 Å². The first-order valence-electron chi connectivity index (χ1n) is 19.3. The summed E-state index contributed by atoms with van der Waals surface area (Å²) in [6.45, 7) is 8.87. The van der Waals surface area contributed by atoms with Crippen molar-refractivity contribution < 1.29 is 29.0 Å². The number of nitrogens with one attached hydrogen (secondary N) is 2. The molecule has 12 heteroatoms. The molecular weight excluding hydrogens is 660 g/mol. The number of rotatable bonds is 17. The maximum absolute atomic E-state index is 14.5. The molecule has 0 radical (unpaired) electrons. The van der Waals surface area contributed by atoms with Crippen molar-refractivity contribution in [2.24, 2.45) is 17.8 Å². The standard InChI is InChI=1S/C40H62N6O6/c1-27(2)17-18-35(47)32(22-29-13-9-7-10-14-29)43-37(48)33(24-31-25-41-26-42-31)45(6)39(50)36(23-30-15-11-8-12-16-30)52-40(51)46-20-19-44(5)38(49)34(46)21-28(3)4/h8,11-12,15-16,25-29,32-36,47H,7,9-10,13-14,17-24H2,1-6H3,(H,41,42)(H,43,48)/t32-,33-,34-,35-,36-/m0/s1. The molecular formula is C40H62N6O6. The van der Waals surface area contributed by atoms with E-state index in [0.717, 1.165) is 37.7 Å². The first kappa shape index (κ1) is 40.8. The van der Waals surface area contributed by atoms with E-state index in [4.69, 9.17) is 4.74 Å². The summed E-state index contributed by atoms with van der Waals surface area (Å²) in [5.41, 5.74) is 1.37. The number of piperazine rings is 1. The highest BCUT2D eigenvalue weighted by Gasteiger charge is 2.41. The van der Waals surface area contributed by atoms with Crippen LogP contribution in [0.3, 0.4) is 0 Å². The van der Waals surface area contributed by atoms with Crippen LogP contribution >= 0.6 is 0 Å². The number of imidazole rings is 1. The number of benzene rings is 1. The Morgan fingerprint density at radius 2 is 1.71 bits per heavy atom. The van der Waals surface area contributed by atoms with Crippen molar-refractivity contribution in [1.29, 1.82) is 0 Å². The summed E-state index contributed by atoms with van der Waals surface area (Å²) in [5.74, 6) is -0.129. The molecule has 5 atom stereocenters. The number of aliphatic hydroxyl groups excluding tert-OH is 1. The first-order chi connectivity index (χ1) is 24.8. The Labute approximate surface area is 310 Å². The van der Waals surface area contributed by atoms with Crippen LogP contribution < -0.4 is 5.32 Å². The molecule has 12 nitrogen and oxygen atoms in total. The number of aliphatic hydroxyl groups is 1. The maximum atomic E-state index is 14.5. The van der Waals surface area contributed by atoms with Crippen molar-refractivity contribution in [1.82, 2.24) is 30.0 Å². The van der Waals surface area contributed by atoms with E-state index in [0.29, 0.717) is 43.3 Å². The van der Waals surface area contributed by atoms with Gasteiger partial charge in [0, 0.05) is 46.2 Å². The molecule has 0 unspecified atom stereocenters. The van der Waals surface area contributed by atoms with Crippen LogP contribution in [0.2, 0.25) is 0 Å². The summed E-state index contributed by atoms with van der Waals surface area (Å²) in [7, 11) is 3.28. The van der Waals surface area contributed by atoms with Gasteiger partial charge in [-0.2, -0.15) is 0 Å². The van der Waals surface area contributed by atoms with Gasteiger partial charge in [0.2, 0.25) is 11.8 Å². The summed E-state index contributed by atoms with van der Waals surface area (Å²) in [6.07, 6.45) is 8.88. The van der Waals surface area contributed by atoms with E-state index in [-0.39, 0.29) is 31.2 Å². The second-order valence-corrected chi connectivity index (χ2v) is 15.8. The summed E-state index contributed by atoms with van der Waals surface area (Å²) in [6, 6.07) is 7.13. The average Bonchev–Trinajstić information content (AvgIpc) is 3.64. The van der Waals surface area contributed by atoms with E-state index < -0.39 is 48.2 Å². The van der Waals surface area contributed by atoms with E-state index in [1.54, 1.807) is 25.2 Å². The second-order valence-electron chi connectivity index (χ2n) is 15.8. The zero-order valence-corrected chi connectivity index (χ0v) is 32.1. The Kier molecular flexibility index (Phi) is 15.5. The van der Waals surface area contributed by atoms with Gasteiger partial charge in [0.05, 0.1) is 24.2 Å². The van der Waals surface area contributed by atoms with E-state index in [2.05, 4.69) is 29.1 Å². The van der Waals surface area contributed by atoms with Crippen LogP contribution in [0.25, 0.3) is 0 Å². The lowest BCUT2D eigenvalue weighted by molar-refractivity contribution is -0.147. The lowest BCUT2D eigenvalue weighted by Crippen LogP contribution is -2.59. The number of H-pyrrole nitrogens is 1. The minimum atomic E-state index is -1.27. The molecule has 2 heterocycles. The quantitative estimate of drug-likeness (QED) is 0.209. The molecule has 2 aromatic rings. The first-order valence-corrected chi connectivity index (χ1v) is 19.3. The molecule has 1 saturated carbocycles. The van der Waals surface area contributed by atoms with Gasteiger partial charge in [-0.1, -0.05) is 90.1 Å². The molecule has 52 heavy (non-hydrogen) atoms. The minimum absolute atomic E-state index is 0.0846. The molecule has 288 valence electrons. The van der Waals surface area contributed by atoms with Gasteiger partial charge in [-0.15, -0.1) is 0 Å². The topological polar surface area (TPSA) is 148 Å². The number of nitrogens with zero attached hydrogens (tertiary/aromatic N) is 4. The number of amides is 4. The Morgan fingerprint density at radius 3 is 2.35 bits per heavy atom. The van der Waals surface area contributed by atoms with E-state index in [9.17, 15) is 24.3 Å². The number of hydrogen-bond donors (Lipinski definition) is 3. The predicted molar refractivity (Wildman–Crippen MR) is 200 cm³/mol. The number of likely N-dealkylation sites (N-methyl/N-ethyl adjacent to an activating group) is 2. The van der Waals surface area contributed by atoms with E-state index in [1.165, 1.54) is 22.5 Å². The van der Waals surface area contributed by atoms with Crippen LogP contribution in [-0.4, -0.2) is 111 Å². The third kappa shape index (κ3) is 11.8. The molecule has 1 aliphatic carbocycles. The van der Waals surface area contributed by atoms with Crippen molar-refractivity contribution >= 4 is 23.8 Å². The summed E-state index contributed by atoms with van der Waals surface area (Å²) >= 11 is 0. The van der Waals surface area contributed by atoms with Crippen LogP contribution in [-0.2, 0) is 32.0 Å². The second kappa shape index (κ2) is 19.8. The molecule has 2 aliphatic rings. The van der Waals surface area contributed by atoms with Crippen molar-refractivity contribution in [3.8, 4) is 0 Å². The van der Waals surface area contributed by atoms with Gasteiger partial charge < -0.3 is 29.9 Å². The number of aromatic nitrogens is 2. The highest BCUT2D eigenvalue weighted by atomic mass is 16.6. The third-order valence-electron chi connectivity index (χ3n) is 10.6. The molecule has 0 bridgehead atoms. The molecule has 3 N–H and O–H groups in total. The Morgan fingerprint density at radius 1 is 1.00 bits per heavy atom. The number of carbonyl (C=O) groups excluding carboxylic acids is 4. The SMILES string of the molecule is CC(C)CC[C@H](O)[C@H](CC1CCCCC1)NC(=O)[C@H](Cc1c[nH]cn1)N(C)C(=O)[C@H](Cc1ccccc1)OC(=O)N1CCN(C)C(=O)[C@@H]1CC(C)C. The van der Waals surface area contributed by atoms with Crippen molar-refractivity contribution in [2.45, 2.75) is 129 Å². The van der Waals surface area contributed by atoms with Gasteiger partial charge in [0.25, 0.3) is 5.91 Å². The van der Waals surface area contributed by atoms with Gasteiger partial charge in [-0.05, 0) is 49.0 Å². The highest BCUT2D eigenvalue weighted by Crippen LogP contribution is 2.29. The molecule has 4 amide bonds. The molecule has 0 spiro atoms. The molecule has 4 rings (SSSR count). The normalized spacial score (nSPS) is 19.3. The highest BCUT2D eigenvalue weighted by molar-refractivity contribution is 5.91. The zero-order chi connectivity index (χ0) is 37.8. The molecule has 1 aromatic heterocycles. The van der Waals surface area contributed by atoms with Gasteiger partial charge >= 0.3 is 6.09 Å². The van der Waals surface area contributed by atoms with Crippen LogP contribution in [0.1, 0.15) is 96.7 Å². The van der Waals surface area contributed by atoms with Gasteiger partial charge in [0.15, 0.2) is 6.10 Å². The van der Waals surface area contributed by atoms with E-state index in [1.807, 2.05) is 44.2 Å². The number of aromatic amines is 1. The zero-order valence-electron chi connectivity index (χ0n) is 32.1. The van der Waals surface area contributed by atoms with Crippen LogP contribution in [0.15, 0.2) is 42.9 Å². The smallest absolute Gasteiger partial charge is 0.411 e. The van der Waals surface area contributed by atoms with Gasteiger partial charge in [-0.25, -0.2) is 9.78 Å². The van der Waals surface area contributed by atoms with Gasteiger partial charge in [-0.3, -0.25) is 19.3 Å². The number of carbonyl (C=O) groups is 4. The van der Waals surface area contributed by atoms with Crippen LogP contribution in [0.5, 0.6) is 0 Å². The van der Waals surface area contributed by atoms with E-state index >= 15 is 0 Å². The summed E-state index contributed by atoms with van der Waals surface area (Å²) < 4.78 is 6.04. The Bertz CT molecular complexity index is 1410. The average molecular weight is 723 g/mol. The Balaban J connectivity index is 1.60. The minimum Gasteiger partial charge on any atom is -0.436 e. The fourth-order valence-electron chi connectivity index (χ4n) is 7.47.